The second-order valence-electron chi connectivity index (χ2n) is 4.39. The number of hydrogen-bond donors (Lipinski definition) is 0. The van der Waals surface area contributed by atoms with E-state index in [4.69, 9.17) is 10.00 Å². The summed E-state index contributed by atoms with van der Waals surface area (Å²) < 4.78 is 21.3. The van der Waals surface area contributed by atoms with E-state index in [0.29, 0.717) is 17.5 Å². The van der Waals surface area contributed by atoms with Crippen LogP contribution in [0.25, 0.3) is 10.9 Å². The van der Waals surface area contributed by atoms with Crippen LogP contribution in [0.2, 0.25) is 0 Å². The van der Waals surface area contributed by atoms with Gasteiger partial charge in [-0.15, -0.1) is 0 Å². The monoisotopic (exact) mass is 245 g/mol. The average Bonchev–Trinajstić information content (AvgIpc) is 2.85. The molecule has 0 bridgehead atoms. The largest absolute Gasteiger partial charge is 0.356 e. The van der Waals surface area contributed by atoms with E-state index in [0.717, 1.165) is 19.3 Å². The zero-order valence-electron chi connectivity index (χ0n) is 9.77. The molecule has 1 saturated heterocycles. The van der Waals surface area contributed by atoms with Crippen molar-refractivity contribution >= 4 is 10.9 Å². The minimum absolute atomic E-state index is 0.0417. The molecule has 92 valence electrons. The van der Waals surface area contributed by atoms with Crippen LogP contribution in [0.5, 0.6) is 0 Å². The van der Waals surface area contributed by atoms with Crippen molar-refractivity contribution in [3.63, 3.8) is 0 Å². The highest BCUT2D eigenvalue weighted by atomic mass is 19.1. The number of hydrogen-bond acceptors (Lipinski definition) is 3. The summed E-state index contributed by atoms with van der Waals surface area (Å²) in [5.74, 6) is -0.512. The number of benzene rings is 1. The minimum Gasteiger partial charge on any atom is -0.356 e. The first kappa shape index (κ1) is 11.2. The zero-order chi connectivity index (χ0) is 12.5. The van der Waals surface area contributed by atoms with Gasteiger partial charge in [0.15, 0.2) is 12.0 Å². The first-order valence-corrected chi connectivity index (χ1v) is 5.98. The van der Waals surface area contributed by atoms with Gasteiger partial charge in [0, 0.05) is 12.0 Å². The Labute approximate surface area is 104 Å². The topological polar surface area (TPSA) is 50.8 Å². The van der Waals surface area contributed by atoms with E-state index >= 15 is 0 Å². The molecule has 1 aromatic carbocycles. The zero-order valence-corrected chi connectivity index (χ0v) is 9.77. The third-order valence-corrected chi connectivity index (χ3v) is 3.25. The third kappa shape index (κ3) is 1.66. The van der Waals surface area contributed by atoms with E-state index in [1.807, 2.05) is 6.07 Å². The molecule has 1 aliphatic heterocycles. The Morgan fingerprint density at radius 2 is 2.33 bits per heavy atom. The van der Waals surface area contributed by atoms with Gasteiger partial charge in [-0.25, -0.2) is 9.07 Å². The summed E-state index contributed by atoms with van der Waals surface area (Å²) in [5, 5.41) is 13.8. The van der Waals surface area contributed by atoms with E-state index in [2.05, 4.69) is 5.10 Å². The lowest BCUT2D eigenvalue weighted by atomic mass is 10.1. The van der Waals surface area contributed by atoms with Gasteiger partial charge < -0.3 is 4.74 Å². The molecule has 1 unspecified atom stereocenters. The minimum atomic E-state index is -0.512. The Bertz CT molecular complexity index is 623. The molecule has 0 spiro atoms. The van der Waals surface area contributed by atoms with Gasteiger partial charge in [0.05, 0.1) is 11.8 Å². The van der Waals surface area contributed by atoms with Gasteiger partial charge >= 0.3 is 0 Å². The molecule has 0 amide bonds. The van der Waals surface area contributed by atoms with Crippen LogP contribution in [0.3, 0.4) is 0 Å². The molecule has 0 saturated carbocycles. The third-order valence-electron chi connectivity index (χ3n) is 3.25. The number of fused-ring (bicyclic) bond motifs is 1. The second kappa shape index (κ2) is 4.39. The van der Waals surface area contributed by atoms with Gasteiger partial charge in [0.1, 0.15) is 11.6 Å². The molecule has 0 radical (unpaired) electrons. The molecule has 0 aliphatic carbocycles. The van der Waals surface area contributed by atoms with Crippen LogP contribution in [0.4, 0.5) is 4.39 Å². The van der Waals surface area contributed by atoms with Crippen molar-refractivity contribution in [1.29, 1.82) is 5.26 Å². The van der Waals surface area contributed by atoms with E-state index < -0.39 is 5.82 Å². The standard InChI is InChI=1S/C13H12FN3O/c14-12-9(7-15)4-5-10-8-16-17(13(10)12)11-3-1-2-6-18-11/h4-5,8,11H,1-3,6H2. The Balaban J connectivity index is 2.15. The van der Waals surface area contributed by atoms with Gasteiger partial charge in [0.2, 0.25) is 0 Å². The van der Waals surface area contributed by atoms with Gasteiger partial charge in [-0.2, -0.15) is 10.4 Å². The summed E-state index contributed by atoms with van der Waals surface area (Å²) in [7, 11) is 0. The SMILES string of the molecule is N#Cc1ccc2cnn(C3CCCCO3)c2c1F. The van der Waals surface area contributed by atoms with Gasteiger partial charge in [-0.3, -0.25) is 0 Å². The smallest absolute Gasteiger partial charge is 0.166 e. The molecule has 0 N–H and O–H groups in total. The predicted molar refractivity (Wildman–Crippen MR) is 63.2 cm³/mol. The molecule has 1 atom stereocenters. The van der Waals surface area contributed by atoms with Crippen LogP contribution in [0, 0.1) is 17.1 Å². The maximum atomic E-state index is 14.2. The lowest BCUT2D eigenvalue weighted by Crippen LogP contribution is -2.19. The fraction of sp³-hybridized carbons (Fsp3) is 0.385. The molecule has 5 heteroatoms. The second-order valence-corrected chi connectivity index (χ2v) is 4.39. The summed E-state index contributed by atoms with van der Waals surface area (Å²) in [6.45, 7) is 0.672. The highest BCUT2D eigenvalue weighted by molar-refractivity contribution is 5.81. The molecule has 1 aliphatic rings. The number of ether oxygens (including phenoxy) is 1. The summed E-state index contributed by atoms with van der Waals surface area (Å²) in [6.07, 6.45) is 4.29. The van der Waals surface area contributed by atoms with E-state index in [9.17, 15) is 4.39 Å². The van der Waals surface area contributed by atoms with Crippen molar-refractivity contribution in [1.82, 2.24) is 9.78 Å². The van der Waals surface area contributed by atoms with Crippen LogP contribution < -0.4 is 0 Å². The Hall–Kier alpha value is -1.93. The molecule has 3 rings (SSSR count). The highest BCUT2D eigenvalue weighted by Crippen LogP contribution is 2.28. The van der Waals surface area contributed by atoms with Crippen LogP contribution >= 0.6 is 0 Å². The van der Waals surface area contributed by atoms with Gasteiger partial charge in [0.25, 0.3) is 0 Å². The normalized spacial score (nSPS) is 19.9. The maximum absolute atomic E-state index is 14.2. The van der Waals surface area contributed by atoms with Crippen LogP contribution in [-0.4, -0.2) is 16.4 Å². The number of rotatable bonds is 1. The van der Waals surface area contributed by atoms with Crippen LogP contribution in [0.15, 0.2) is 18.3 Å². The van der Waals surface area contributed by atoms with Crippen LogP contribution in [0.1, 0.15) is 31.1 Å². The number of halogens is 1. The van der Waals surface area contributed by atoms with Crippen molar-refractivity contribution in [3.05, 3.63) is 29.7 Å². The predicted octanol–water partition coefficient (Wildman–Crippen LogP) is 2.75. The Morgan fingerprint density at radius 1 is 1.44 bits per heavy atom. The molecule has 1 fully saturated rings. The van der Waals surface area contributed by atoms with Crippen molar-refractivity contribution in [2.75, 3.05) is 6.61 Å². The maximum Gasteiger partial charge on any atom is 0.166 e. The van der Waals surface area contributed by atoms with Crippen molar-refractivity contribution < 1.29 is 9.13 Å². The lowest BCUT2D eigenvalue weighted by Gasteiger charge is -2.23. The van der Waals surface area contributed by atoms with E-state index in [1.54, 1.807) is 16.9 Å². The van der Waals surface area contributed by atoms with Crippen LogP contribution in [-0.2, 0) is 4.74 Å². The fourth-order valence-electron chi connectivity index (χ4n) is 2.32. The fourth-order valence-corrected chi connectivity index (χ4v) is 2.32. The summed E-state index contributed by atoms with van der Waals surface area (Å²) in [5.41, 5.74) is 0.404. The van der Waals surface area contributed by atoms with Crippen molar-refractivity contribution in [2.24, 2.45) is 0 Å². The summed E-state index contributed by atoms with van der Waals surface area (Å²) in [4.78, 5) is 0. The number of aromatic nitrogens is 2. The molecule has 18 heavy (non-hydrogen) atoms. The molecular formula is C13H12FN3O. The van der Waals surface area contributed by atoms with Crippen molar-refractivity contribution in [3.8, 4) is 6.07 Å². The Morgan fingerprint density at radius 3 is 3.06 bits per heavy atom. The molecule has 2 heterocycles. The highest BCUT2D eigenvalue weighted by Gasteiger charge is 2.21. The first-order chi connectivity index (χ1) is 8.81. The van der Waals surface area contributed by atoms with Gasteiger partial charge in [-0.1, -0.05) is 0 Å². The first-order valence-electron chi connectivity index (χ1n) is 5.98. The van der Waals surface area contributed by atoms with E-state index in [1.165, 1.54) is 6.07 Å². The van der Waals surface area contributed by atoms with Crippen molar-refractivity contribution in [2.45, 2.75) is 25.5 Å². The summed E-state index contributed by atoms with van der Waals surface area (Å²) >= 11 is 0. The molecule has 4 nitrogen and oxygen atoms in total. The average molecular weight is 245 g/mol. The van der Waals surface area contributed by atoms with E-state index in [-0.39, 0.29) is 11.8 Å². The number of nitriles is 1. The lowest BCUT2D eigenvalue weighted by molar-refractivity contribution is -0.0369. The Kier molecular flexibility index (Phi) is 2.73. The summed E-state index contributed by atoms with van der Waals surface area (Å²) in [6, 6.07) is 5.04. The molecular weight excluding hydrogens is 233 g/mol. The number of nitrogens with zero attached hydrogens (tertiary/aromatic N) is 3. The molecule has 2 aromatic rings. The molecule has 1 aromatic heterocycles. The quantitative estimate of drug-likeness (QED) is 0.776. The van der Waals surface area contributed by atoms with Gasteiger partial charge in [-0.05, 0) is 31.4 Å².